The van der Waals surface area contributed by atoms with Gasteiger partial charge in [0.1, 0.15) is 0 Å². The number of hydrogen-bond donors (Lipinski definition) is 1. The molecule has 0 bridgehead atoms. The van der Waals surface area contributed by atoms with Crippen LogP contribution in [0.4, 0.5) is 10.2 Å². The molecule has 4 atom stereocenters. The normalized spacial score (nSPS) is 26.3. The maximum atomic E-state index is 14.7. The second-order valence-corrected chi connectivity index (χ2v) is 7.83. The van der Waals surface area contributed by atoms with Gasteiger partial charge in [-0.3, -0.25) is 19.0 Å². The van der Waals surface area contributed by atoms with Crippen LogP contribution in [-0.2, 0) is 28.6 Å². The van der Waals surface area contributed by atoms with Gasteiger partial charge in [0.2, 0.25) is 5.91 Å². The quantitative estimate of drug-likeness (QED) is 0.687. The van der Waals surface area contributed by atoms with E-state index in [1.165, 1.54) is 6.92 Å². The van der Waals surface area contributed by atoms with Crippen LogP contribution in [0.15, 0.2) is 11.0 Å². The molecular formula is C20H26FN3O7. The zero-order chi connectivity index (χ0) is 22.7. The van der Waals surface area contributed by atoms with E-state index in [1.54, 1.807) is 6.92 Å². The zero-order valence-corrected chi connectivity index (χ0v) is 17.6. The van der Waals surface area contributed by atoms with Gasteiger partial charge in [-0.2, -0.15) is 4.98 Å². The van der Waals surface area contributed by atoms with Crippen LogP contribution in [-0.4, -0.2) is 45.7 Å². The van der Waals surface area contributed by atoms with E-state index in [4.69, 9.17) is 14.2 Å². The summed E-state index contributed by atoms with van der Waals surface area (Å²) < 4.78 is 31.6. The first-order valence-corrected chi connectivity index (χ1v) is 10.3. The molecule has 11 heteroatoms. The summed E-state index contributed by atoms with van der Waals surface area (Å²) in [5.74, 6) is -3.35. The summed E-state index contributed by atoms with van der Waals surface area (Å²) in [7, 11) is 0. The molecule has 2 aliphatic rings. The highest BCUT2D eigenvalue weighted by atomic mass is 19.1. The van der Waals surface area contributed by atoms with Crippen LogP contribution in [0.1, 0.15) is 59.1 Å². The zero-order valence-electron chi connectivity index (χ0n) is 17.6. The van der Waals surface area contributed by atoms with Crippen molar-refractivity contribution in [3.05, 3.63) is 22.5 Å². The summed E-state index contributed by atoms with van der Waals surface area (Å²) in [6.45, 7) is 3.90. The first kappa shape index (κ1) is 22.9. The average Bonchev–Trinajstić information content (AvgIpc) is 2.99. The second kappa shape index (κ2) is 9.54. The number of rotatable bonds is 5. The monoisotopic (exact) mass is 439 g/mol. The summed E-state index contributed by atoms with van der Waals surface area (Å²) in [5.41, 5.74) is -0.918. The predicted octanol–water partition coefficient (Wildman–Crippen LogP) is 1.68. The van der Waals surface area contributed by atoms with Gasteiger partial charge >= 0.3 is 17.6 Å². The maximum Gasteiger partial charge on any atom is 0.351 e. The van der Waals surface area contributed by atoms with Crippen LogP contribution in [0, 0.1) is 11.7 Å². The van der Waals surface area contributed by atoms with Crippen LogP contribution in [0.3, 0.4) is 0 Å². The second-order valence-electron chi connectivity index (χ2n) is 7.83. The van der Waals surface area contributed by atoms with Crippen molar-refractivity contribution in [3.8, 4) is 0 Å². The van der Waals surface area contributed by atoms with E-state index < -0.39 is 53.8 Å². The van der Waals surface area contributed by atoms with E-state index in [2.05, 4.69) is 10.3 Å². The molecule has 2 heterocycles. The Balaban J connectivity index is 1.85. The standard InChI is InChI=1S/C20H26FN3O7/c1-10-15(30-11(2)25)16(31-12(3)26)19(29-10)24-9-14(21)17(23-20(24)28)22-18(27)13-7-5-4-6-8-13/h9-10,13,15-16,19H,4-8H2,1-3H3,(H,22,23,27,28)/t10-,15-,16-,19-/m1/s1. The minimum Gasteiger partial charge on any atom is -0.456 e. The van der Waals surface area contributed by atoms with E-state index >= 15 is 0 Å². The van der Waals surface area contributed by atoms with Gasteiger partial charge in [0.15, 0.2) is 30.1 Å². The lowest BCUT2D eigenvalue weighted by atomic mass is 9.89. The highest BCUT2D eigenvalue weighted by Crippen LogP contribution is 2.33. The van der Waals surface area contributed by atoms with Gasteiger partial charge in [0.05, 0.1) is 12.3 Å². The minimum atomic E-state index is -1.26. The summed E-state index contributed by atoms with van der Waals surface area (Å²) in [6.07, 6.45) is 0.978. The number of ether oxygens (including phenoxy) is 3. The van der Waals surface area contributed by atoms with Gasteiger partial charge in [-0.25, -0.2) is 9.18 Å². The Morgan fingerprint density at radius 1 is 1.13 bits per heavy atom. The van der Waals surface area contributed by atoms with Crippen LogP contribution in [0.5, 0.6) is 0 Å². The Kier molecular flexibility index (Phi) is 7.04. The number of halogens is 1. The lowest BCUT2D eigenvalue weighted by Crippen LogP contribution is -2.40. The molecule has 0 aromatic carbocycles. The Morgan fingerprint density at radius 3 is 2.35 bits per heavy atom. The lowest BCUT2D eigenvalue weighted by Gasteiger charge is -2.24. The fourth-order valence-electron chi connectivity index (χ4n) is 4.00. The van der Waals surface area contributed by atoms with E-state index in [-0.39, 0.29) is 11.8 Å². The summed E-state index contributed by atoms with van der Waals surface area (Å²) in [5, 5.41) is 2.39. The van der Waals surface area contributed by atoms with Crippen LogP contribution < -0.4 is 11.0 Å². The number of hydrogen-bond acceptors (Lipinski definition) is 8. The summed E-state index contributed by atoms with van der Waals surface area (Å²) >= 11 is 0. The molecule has 1 saturated carbocycles. The number of carbonyl (C=O) groups is 3. The molecular weight excluding hydrogens is 413 g/mol. The van der Waals surface area contributed by atoms with E-state index in [0.29, 0.717) is 12.8 Å². The molecule has 1 aromatic heterocycles. The van der Waals surface area contributed by atoms with Gasteiger partial charge in [0, 0.05) is 19.8 Å². The van der Waals surface area contributed by atoms with Crippen molar-refractivity contribution < 1.29 is 33.0 Å². The molecule has 2 fully saturated rings. The van der Waals surface area contributed by atoms with Crippen molar-refractivity contribution in [1.82, 2.24) is 9.55 Å². The van der Waals surface area contributed by atoms with Gasteiger partial charge in [0.25, 0.3) is 0 Å². The maximum absolute atomic E-state index is 14.7. The summed E-state index contributed by atoms with van der Waals surface area (Å²) in [4.78, 5) is 51.6. The Labute approximate surface area is 178 Å². The van der Waals surface area contributed by atoms with Crippen molar-refractivity contribution in [2.24, 2.45) is 5.92 Å². The summed E-state index contributed by atoms with van der Waals surface area (Å²) in [6, 6.07) is 0. The molecule has 31 heavy (non-hydrogen) atoms. The van der Waals surface area contributed by atoms with Gasteiger partial charge in [-0.05, 0) is 19.8 Å². The van der Waals surface area contributed by atoms with Crippen molar-refractivity contribution in [3.63, 3.8) is 0 Å². The first-order valence-electron chi connectivity index (χ1n) is 10.3. The van der Waals surface area contributed by atoms with Crippen LogP contribution >= 0.6 is 0 Å². The minimum absolute atomic E-state index is 0.241. The third-order valence-corrected chi connectivity index (χ3v) is 5.42. The van der Waals surface area contributed by atoms with Gasteiger partial charge < -0.3 is 19.5 Å². The third kappa shape index (κ3) is 5.27. The van der Waals surface area contributed by atoms with Crippen molar-refractivity contribution in [2.45, 2.75) is 77.4 Å². The SMILES string of the molecule is CC(=O)O[C@@H]1[C@H](OC(C)=O)[C@@H](C)O[C@H]1n1cc(F)c(NC(=O)C2CCCCC2)nc1=O. The topological polar surface area (TPSA) is 126 Å². The molecule has 1 saturated heterocycles. The molecule has 1 aromatic rings. The van der Waals surface area contributed by atoms with Gasteiger partial charge in [-0.15, -0.1) is 0 Å². The smallest absolute Gasteiger partial charge is 0.351 e. The largest absolute Gasteiger partial charge is 0.456 e. The van der Waals surface area contributed by atoms with Crippen molar-refractivity contribution in [2.75, 3.05) is 5.32 Å². The molecule has 0 radical (unpaired) electrons. The third-order valence-electron chi connectivity index (χ3n) is 5.42. The Bertz CT molecular complexity index is 913. The molecule has 1 aliphatic heterocycles. The van der Waals surface area contributed by atoms with Crippen molar-refractivity contribution in [1.29, 1.82) is 0 Å². The molecule has 170 valence electrons. The van der Waals surface area contributed by atoms with Crippen molar-refractivity contribution >= 4 is 23.7 Å². The molecule has 10 nitrogen and oxygen atoms in total. The molecule has 0 spiro atoms. The number of carbonyl (C=O) groups excluding carboxylic acids is 3. The number of nitrogens with zero attached hydrogens (tertiary/aromatic N) is 2. The number of esters is 2. The number of anilines is 1. The van der Waals surface area contributed by atoms with E-state index in [0.717, 1.165) is 37.0 Å². The molecule has 0 unspecified atom stereocenters. The fourth-order valence-corrected chi connectivity index (χ4v) is 4.00. The molecule has 3 rings (SSSR count). The highest BCUT2D eigenvalue weighted by Gasteiger charge is 2.48. The van der Waals surface area contributed by atoms with E-state index in [9.17, 15) is 23.6 Å². The Hall–Kier alpha value is -2.82. The predicted molar refractivity (Wildman–Crippen MR) is 104 cm³/mol. The highest BCUT2D eigenvalue weighted by molar-refractivity contribution is 5.91. The first-order chi connectivity index (χ1) is 14.7. The number of aromatic nitrogens is 2. The van der Waals surface area contributed by atoms with Gasteiger partial charge in [-0.1, -0.05) is 19.3 Å². The average molecular weight is 439 g/mol. The molecule has 1 aliphatic carbocycles. The fraction of sp³-hybridized carbons (Fsp3) is 0.650. The number of nitrogens with one attached hydrogen (secondary N) is 1. The van der Waals surface area contributed by atoms with E-state index in [1.807, 2.05) is 0 Å². The molecule has 1 N–H and O–H groups in total. The molecule has 1 amide bonds. The lowest BCUT2D eigenvalue weighted by molar-refractivity contribution is -0.165. The Morgan fingerprint density at radius 2 is 1.74 bits per heavy atom. The number of amides is 1. The van der Waals surface area contributed by atoms with Crippen LogP contribution in [0.2, 0.25) is 0 Å². The van der Waals surface area contributed by atoms with Crippen LogP contribution in [0.25, 0.3) is 0 Å².